The summed E-state index contributed by atoms with van der Waals surface area (Å²) in [4.78, 5) is 3.07. The van der Waals surface area contributed by atoms with Gasteiger partial charge in [-0.05, 0) is 61.4 Å². The Morgan fingerprint density at radius 2 is 1.94 bits per heavy atom. The lowest BCUT2D eigenvalue weighted by molar-refractivity contribution is 0.935. The van der Waals surface area contributed by atoms with Gasteiger partial charge in [-0.25, -0.2) is 0 Å². The van der Waals surface area contributed by atoms with Crippen LogP contribution in [-0.2, 0) is 19.3 Å². The summed E-state index contributed by atoms with van der Waals surface area (Å²) in [5.41, 5.74) is 7.52. The highest BCUT2D eigenvalue weighted by Gasteiger charge is 2.20. The van der Waals surface area contributed by atoms with Crippen molar-refractivity contribution in [3.8, 4) is 10.4 Å². The number of aryl methyl sites for hydroxylation is 4. The lowest BCUT2D eigenvalue weighted by Gasteiger charge is -2.19. The van der Waals surface area contributed by atoms with Gasteiger partial charge in [-0.3, -0.25) is 0 Å². The van der Waals surface area contributed by atoms with E-state index >= 15 is 0 Å². The molecule has 1 aromatic heterocycles. The monoisotopic (exact) mass is 242 g/mol. The lowest BCUT2D eigenvalue weighted by Crippen LogP contribution is -2.03. The van der Waals surface area contributed by atoms with Crippen molar-refractivity contribution < 1.29 is 0 Å². The molecule has 1 heteroatoms. The molecule has 1 aliphatic carbocycles. The zero-order valence-corrected chi connectivity index (χ0v) is 11.6. The van der Waals surface area contributed by atoms with E-state index in [2.05, 4.69) is 39.0 Å². The van der Waals surface area contributed by atoms with Crippen LogP contribution in [0.3, 0.4) is 0 Å². The molecule has 0 nitrogen and oxygen atoms in total. The van der Waals surface area contributed by atoms with Gasteiger partial charge >= 0.3 is 0 Å². The van der Waals surface area contributed by atoms with Gasteiger partial charge in [0.25, 0.3) is 0 Å². The Kier molecular flexibility index (Phi) is 2.59. The minimum atomic E-state index is 1.16. The molecular formula is C16H18S. The molecule has 0 saturated carbocycles. The van der Waals surface area contributed by atoms with Gasteiger partial charge in [-0.1, -0.05) is 24.6 Å². The molecule has 0 amide bonds. The van der Waals surface area contributed by atoms with E-state index in [9.17, 15) is 0 Å². The number of thiophene rings is 1. The highest BCUT2D eigenvalue weighted by Crippen LogP contribution is 2.41. The average molecular weight is 242 g/mol. The molecule has 0 bridgehead atoms. The normalized spacial score (nSPS) is 13.4. The fourth-order valence-electron chi connectivity index (χ4n) is 2.87. The van der Waals surface area contributed by atoms with E-state index in [0.29, 0.717) is 0 Å². The first-order chi connectivity index (χ1) is 8.19. The zero-order valence-electron chi connectivity index (χ0n) is 10.8. The Hall–Kier alpha value is -1.08. The number of hydrogen-bond donors (Lipinski definition) is 0. The number of benzene rings is 1. The Labute approximate surface area is 107 Å². The van der Waals surface area contributed by atoms with Crippen molar-refractivity contribution in [2.24, 2.45) is 0 Å². The molecule has 3 rings (SSSR count). The van der Waals surface area contributed by atoms with Crippen molar-refractivity contribution in [2.75, 3.05) is 0 Å². The van der Waals surface area contributed by atoms with Gasteiger partial charge in [0.2, 0.25) is 0 Å². The van der Waals surface area contributed by atoms with Crippen LogP contribution in [0, 0.1) is 13.8 Å². The topological polar surface area (TPSA) is 0 Å². The molecule has 0 N–H and O–H groups in total. The van der Waals surface area contributed by atoms with E-state index in [1.807, 2.05) is 11.3 Å². The van der Waals surface area contributed by atoms with E-state index in [4.69, 9.17) is 0 Å². The third-order valence-electron chi connectivity index (χ3n) is 3.71. The summed E-state index contributed by atoms with van der Waals surface area (Å²) in [6.45, 7) is 6.71. The summed E-state index contributed by atoms with van der Waals surface area (Å²) >= 11 is 2.00. The predicted octanol–water partition coefficient (Wildman–Crippen LogP) is 4.69. The summed E-state index contributed by atoms with van der Waals surface area (Å²) in [5.74, 6) is 0. The number of rotatable bonds is 1. The van der Waals surface area contributed by atoms with E-state index in [-0.39, 0.29) is 0 Å². The Morgan fingerprint density at radius 1 is 1.12 bits per heavy atom. The summed E-state index contributed by atoms with van der Waals surface area (Å²) in [6.07, 6.45) is 3.61. The minimum Gasteiger partial charge on any atom is -0.140 e. The third-order valence-corrected chi connectivity index (χ3v) is 5.07. The van der Waals surface area contributed by atoms with Crippen LogP contribution >= 0.6 is 11.3 Å². The smallest absolute Gasteiger partial charge is 0.0380 e. The molecule has 1 aromatic carbocycles. The van der Waals surface area contributed by atoms with Crippen LogP contribution in [0.1, 0.15) is 34.1 Å². The Balaban J connectivity index is 2.24. The van der Waals surface area contributed by atoms with Crippen LogP contribution in [0.15, 0.2) is 18.2 Å². The predicted molar refractivity (Wildman–Crippen MR) is 76.0 cm³/mol. The van der Waals surface area contributed by atoms with Crippen LogP contribution in [0.25, 0.3) is 10.4 Å². The number of fused-ring (bicyclic) bond motifs is 3. The highest BCUT2D eigenvalue weighted by atomic mass is 32.1. The van der Waals surface area contributed by atoms with E-state index < -0.39 is 0 Å². The molecule has 0 atom stereocenters. The number of hydrogen-bond acceptors (Lipinski definition) is 1. The summed E-state index contributed by atoms with van der Waals surface area (Å²) in [6, 6.07) is 7.11. The van der Waals surface area contributed by atoms with Gasteiger partial charge < -0.3 is 0 Å². The van der Waals surface area contributed by atoms with Crippen LogP contribution < -0.4 is 0 Å². The summed E-state index contributed by atoms with van der Waals surface area (Å²) in [5, 5.41) is 0. The first kappa shape index (κ1) is 11.0. The van der Waals surface area contributed by atoms with Gasteiger partial charge in [0.15, 0.2) is 0 Å². The van der Waals surface area contributed by atoms with E-state index in [1.54, 1.807) is 11.1 Å². The SMILES string of the molecule is CCc1cc2c(s1)-c1cc(C)cc(C)c1CC2. The molecule has 0 fully saturated rings. The van der Waals surface area contributed by atoms with Crippen molar-refractivity contribution in [1.82, 2.24) is 0 Å². The molecule has 0 spiro atoms. The largest absolute Gasteiger partial charge is 0.140 e. The molecule has 0 aliphatic heterocycles. The second-order valence-electron chi connectivity index (χ2n) is 5.03. The molecule has 0 radical (unpaired) electrons. The molecule has 2 aromatic rings. The van der Waals surface area contributed by atoms with Gasteiger partial charge in [-0.15, -0.1) is 11.3 Å². The molecule has 0 unspecified atom stereocenters. The molecule has 88 valence electrons. The molecule has 17 heavy (non-hydrogen) atoms. The van der Waals surface area contributed by atoms with Gasteiger partial charge in [0.1, 0.15) is 0 Å². The minimum absolute atomic E-state index is 1.16. The van der Waals surface area contributed by atoms with Crippen LogP contribution in [-0.4, -0.2) is 0 Å². The van der Waals surface area contributed by atoms with Crippen molar-refractivity contribution in [1.29, 1.82) is 0 Å². The van der Waals surface area contributed by atoms with Crippen LogP contribution in [0.5, 0.6) is 0 Å². The molecule has 1 heterocycles. The molecular weight excluding hydrogens is 224 g/mol. The lowest BCUT2D eigenvalue weighted by atomic mass is 9.87. The van der Waals surface area contributed by atoms with Gasteiger partial charge in [-0.2, -0.15) is 0 Å². The van der Waals surface area contributed by atoms with E-state index in [1.165, 1.54) is 39.3 Å². The van der Waals surface area contributed by atoms with Gasteiger partial charge in [0, 0.05) is 9.75 Å². The Bertz CT molecular complexity index is 575. The zero-order chi connectivity index (χ0) is 12.0. The maximum Gasteiger partial charge on any atom is 0.0380 e. The van der Waals surface area contributed by atoms with Crippen molar-refractivity contribution in [2.45, 2.75) is 40.0 Å². The van der Waals surface area contributed by atoms with Crippen molar-refractivity contribution in [3.05, 3.63) is 45.3 Å². The maximum atomic E-state index is 2.42. The fraction of sp³-hybridized carbons (Fsp3) is 0.375. The van der Waals surface area contributed by atoms with E-state index in [0.717, 1.165) is 6.42 Å². The second kappa shape index (κ2) is 3.99. The highest BCUT2D eigenvalue weighted by molar-refractivity contribution is 7.15. The second-order valence-corrected chi connectivity index (χ2v) is 6.17. The Morgan fingerprint density at radius 3 is 2.71 bits per heavy atom. The maximum absolute atomic E-state index is 2.42. The first-order valence-electron chi connectivity index (χ1n) is 6.41. The summed E-state index contributed by atoms with van der Waals surface area (Å²) in [7, 11) is 0. The van der Waals surface area contributed by atoms with Crippen molar-refractivity contribution >= 4 is 11.3 Å². The molecule has 0 saturated heterocycles. The van der Waals surface area contributed by atoms with Gasteiger partial charge in [0.05, 0.1) is 0 Å². The quantitative estimate of drug-likeness (QED) is 0.680. The molecule has 1 aliphatic rings. The summed E-state index contributed by atoms with van der Waals surface area (Å²) < 4.78 is 0. The van der Waals surface area contributed by atoms with Crippen LogP contribution in [0.4, 0.5) is 0 Å². The third kappa shape index (κ3) is 1.73. The van der Waals surface area contributed by atoms with Crippen molar-refractivity contribution in [3.63, 3.8) is 0 Å². The first-order valence-corrected chi connectivity index (χ1v) is 7.22. The average Bonchev–Trinajstić information content (AvgIpc) is 2.72. The fourth-order valence-corrected chi connectivity index (χ4v) is 4.06. The van der Waals surface area contributed by atoms with Crippen LogP contribution in [0.2, 0.25) is 0 Å². The standard InChI is InChI=1S/C16H18S/c1-4-13-9-12-5-6-14-11(3)7-10(2)8-15(14)16(12)17-13/h7-9H,4-6H2,1-3H3.